The van der Waals surface area contributed by atoms with Gasteiger partial charge in [0, 0.05) is 44.3 Å². The van der Waals surface area contributed by atoms with Crippen molar-refractivity contribution >= 4 is 11.7 Å². The van der Waals surface area contributed by atoms with Crippen LogP contribution in [0.3, 0.4) is 0 Å². The van der Waals surface area contributed by atoms with Crippen LogP contribution in [0.25, 0.3) is 0 Å². The van der Waals surface area contributed by atoms with Crippen molar-refractivity contribution in [2.45, 2.75) is 26.2 Å². The molecule has 5 nitrogen and oxygen atoms in total. The molecule has 23 heavy (non-hydrogen) atoms. The van der Waals surface area contributed by atoms with Crippen LogP contribution >= 0.6 is 0 Å². The van der Waals surface area contributed by atoms with E-state index in [9.17, 15) is 4.79 Å². The predicted molar refractivity (Wildman–Crippen MR) is 92.5 cm³/mol. The molecule has 2 aromatic heterocycles. The standard InChI is InChI=1S/C18H24N4O/c1-3-4-9-20-17-14-16(7-12-21-17)18(23)22(2)13-8-15-5-10-19-11-6-15/h5-7,10-12,14H,3-4,8-9,13H2,1-2H3,(H,20,21). The molecule has 122 valence electrons. The van der Waals surface area contributed by atoms with Gasteiger partial charge in [-0.2, -0.15) is 0 Å². The van der Waals surface area contributed by atoms with E-state index >= 15 is 0 Å². The summed E-state index contributed by atoms with van der Waals surface area (Å²) in [5.41, 5.74) is 1.84. The van der Waals surface area contributed by atoms with E-state index in [4.69, 9.17) is 0 Å². The number of rotatable bonds is 8. The molecule has 1 amide bonds. The van der Waals surface area contributed by atoms with Gasteiger partial charge < -0.3 is 10.2 Å². The maximum Gasteiger partial charge on any atom is 0.253 e. The van der Waals surface area contributed by atoms with Crippen molar-refractivity contribution in [3.63, 3.8) is 0 Å². The Morgan fingerprint density at radius 3 is 2.74 bits per heavy atom. The lowest BCUT2D eigenvalue weighted by Gasteiger charge is -2.17. The zero-order valence-corrected chi connectivity index (χ0v) is 13.8. The normalized spacial score (nSPS) is 10.3. The van der Waals surface area contributed by atoms with Crippen LogP contribution in [-0.4, -0.2) is 40.9 Å². The number of unbranched alkanes of at least 4 members (excludes halogenated alkanes) is 1. The summed E-state index contributed by atoms with van der Waals surface area (Å²) in [5, 5.41) is 3.25. The Labute approximate surface area is 137 Å². The molecule has 0 saturated heterocycles. The van der Waals surface area contributed by atoms with E-state index < -0.39 is 0 Å². The fraction of sp³-hybridized carbons (Fsp3) is 0.389. The van der Waals surface area contributed by atoms with Crippen LogP contribution in [0.5, 0.6) is 0 Å². The number of amides is 1. The molecule has 0 aliphatic carbocycles. The summed E-state index contributed by atoms with van der Waals surface area (Å²) in [6.07, 6.45) is 8.26. The van der Waals surface area contributed by atoms with Crippen molar-refractivity contribution in [2.75, 3.05) is 25.5 Å². The molecule has 5 heteroatoms. The Morgan fingerprint density at radius 2 is 2.00 bits per heavy atom. The van der Waals surface area contributed by atoms with E-state index in [1.807, 2.05) is 25.2 Å². The SMILES string of the molecule is CCCCNc1cc(C(=O)N(C)CCc2ccncc2)ccn1. The molecule has 2 heterocycles. The smallest absolute Gasteiger partial charge is 0.253 e. The maximum atomic E-state index is 12.5. The number of likely N-dealkylation sites (N-methyl/N-ethyl adjacent to an activating group) is 1. The highest BCUT2D eigenvalue weighted by Crippen LogP contribution is 2.10. The minimum atomic E-state index is 0.0139. The van der Waals surface area contributed by atoms with Gasteiger partial charge in [-0.05, 0) is 42.7 Å². The lowest BCUT2D eigenvalue weighted by molar-refractivity contribution is 0.0796. The Morgan fingerprint density at radius 1 is 1.22 bits per heavy atom. The van der Waals surface area contributed by atoms with Gasteiger partial charge in [0.15, 0.2) is 0 Å². The number of carbonyl (C=O) groups excluding carboxylic acids is 1. The van der Waals surface area contributed by atoms with Crippen molar-refractivity contribution in [3.8, 4) is 0 Å². The van der Waals surface area contributed by atoms with Crippen LogP contribution < -0.4 is 5.32 Å². The van der Waals surface area contributed by atoms with E-state index in [0.29, 0.717) is 12.1 Å². The molecular formula is C18H24N4O. The summed E-state index contributed by atoms with van der Waals surface area (Å²) in [6, 6.07) is 7.53. The average Bonchev–Trinajstić information content (AvgIpc) is 2.60. The summed E-state index contributed by atoms with van der Waals surface area (Å²) in [5.74, 6) is 0.770. The second kappa shape index (κ2) is 8.88. The second-order valence-corrected chi connectivity index (χ2v) is 5.54. The van der Waals surface area contributed by atoms with Gasteiger partial charge >= 0.3 is 0 Å². The number of aromatic nitrogens is 2. The third-order valence-corrected chi connectivity index (χ3v) is 3.68. The fourth-order valence-electron chi connectivity index (χ4n) is 2.22. The van der Waals surface area contributed by atoms with Crippen molar-refractivity contribution < 1.29 is 4.79 Å². The molecule has 0 spiro atoms. The van der Waals surface area contributed by atoms with E-state index in [-0.39, 0.29) is 5.91 Å². The highest BCUT2D eigenvalue weighted by Gasteiger charge is 2.12. The van der Waals surface area contributed by atoms with Crippen LogP contribution in [0.1, 0.15) is 35.7 Å². The molecule has 0 fully saturated rings. The highest BCUT2D eigenvalue weighted by atomic mass is 16.2. The van der Waals surface area contributed by atoms with Crippen molar-refractivity contribution in [3.05, 3.63) is 54.0 Å². The topological polar surface area (TPSA) is 58.1 Å². The molecule has 0 atom stereocenters. The average molecular weight is 312 g/mol. The van der Waals surface area contributed by atoms with Gasteiger partial charge in [-0.15, -0.1) is 0 Å². The second-order valence-electron chi connectivity index (χ2n) is 5.54. The van der Waals surface area contributed by atoms with E-state index in [0.717, 1.165) is 31.6 Å². The van der Waals surface area contributed by atoms with E-state index in [1.165, 1.54) is 5.56 Å². The zero-order chi connectivity index (χ0) is 16.5. The highest BCUT2D eigenvalue weighted by molar-refractivity contribution is 5.94. The molecule has 0 unspecified atom stereocenters. The van der Waals surface area contributed by atoms with Crippen LogP contribution in [-0.2, 0) is 6.42 Å². The molecule has 1 N–H and O–H groups in total. The maximum absolute atomic E-state index is 12.5. The molecule has 2 aromatic rings. The number of anilines is 1. The third kappa shape index (κ3) is 5.36. The molecular weight excluding hydrogens is 288 g/mol. The van der Waals surface area contributed by atoms with Crippen molar-refractivity contribution in [2.24, 2.45) is 0 Å². The van der Waals surface area contributed by atoms with Crippen molar-refractivity contribution in [1.29, 1.82) is 0 Å². The minimum absolute atomic E-state index is 0.0139. The Kier molecular flexibility index (Phi) is 6.54. The van der Waals surface area contributed by atoms with Gasteiger partial charge in [-0.3, -0.25) is 9.78 Å². The monoisotopic (exact) mass is 312 g/mol. The van der Waals surface area contributed by atoms with Crippen LogP contribution in [0, 0.1) is 0 Å². The first-order valence-corrected chi connectivity index (χ1v) is 8.05. The van der Waals surface area contributed by atoms with Gasteiger partial charge in [-0.25, -0.2) is 4.98 Å². The number of carbonyl (C=O) groups is 1. The molecule has 0 radical (unpaired) electrons. The number of nitrogens with zero attached hydrogens (tertiary/aromatic N) is 3. The first kappa shape index (κ1) is 16.9. The molecule has 0 aliphatic heterocycles. The fourth-order valence-corrected chi connectivity index (χ4v) is 2.22. The quantitative estimate of drug-likeness (QED) is 0.761. The summed E-state index contributed by atoms with van der Waals surface area (Å²) in [7, 11) is 1.83. The van der Waals surface area contributed by atoms with Gasteiger partial charge in [0.05, 0.1) is 0 Å². The van der Waals surface area contributed by atoms with E-state index in [1.54, 1.807) is 29.6 Å². The number of nitrogens with one attached hydrogen (secondary N) is 1. The predicted octanol–water partition coefficient (Wildman–Crippen LogP) is 3.00. The molecule has 0 aliphatic rings. The van der Waals surface area contributed by atoms with Crippen molar-refractivity contribution in [1.82, 2.24) is 14.9 Å². The van der Waals surface area contributed by atoms with Gasteiger partial charge in [0.1, 0.15) is 5.82 Å². The summed E-state index contributed by atoms with van der Waals surface area (Å²) < 4.78 is 0. The Bertz CT molecular complexity index is 615. The first-order chi connectivity index (χ1) is 11.2. The van der Waals surface area contributed by atoms with Gasteiger partial charge in [-0.1, -0.05) is 13.3 Å². The number of pyridine rings is 2. The molecule has 0 bridgehead atoms. The van der Waals surface area contributed by atoms with Crippen LogP contribution in [0.15, 0.2) is 42.9 Å². The molecule has 0 aromatic carbocycles. The summed E-state index contributed by atoms with van der Waals surface area (Å²) in [4.78, 5) is 22.5. The van der Waals surface area contributed by atoms with Gasteiger partial charge in [0.25, 0.3) is 5.91 Å². The lowest BCUT2D eigenvalue weighted by Crippen LogP contribution is -2.29. The molecule has 0 saturated carbocycles. The first-order valence-electron chi connectivity index (χ1n) is 8.05. The lowest BCUT2D eigenvalue weighted by atomic mass is 10.2. The number of hydrogen-bond donors (Lipinski definition) is 1. The van der Waals surface area contributed by atoms with E-state index in [2.05, 4.69) is 22.2 Å². The largest absolute Gasteiger partial charge is 0.370 e. The van der Waals surface area contributed by atoms with Crippen LogP contribution in [0.4, 0.5) is 5.82 Å². The molecule has 2 rings (SSSR count). The minimum Gasteiger partial charge on any atom is -0.370 e. The third-order valence-electron chi connectivity index (χ3n) is 3.68. The Balaban J connectivity index is 1.92. The summed E-state index contributed by atoms with van der Waals surface area (Å²) >= 11 is 0. The van der Waals surface area contributed by atoms with Crippen LogP contribution in [0.2, 0.25) is 0 Å². The summed E-state index contributed by atoms with van der Waals surface area (Å²) in [6.45, 7) is 3.69. The van der Waals surface area contributed by atoms with Gasteiger partial charge in [0.2, 0.25) is 0 Å². The zero-order valence-electron chi connectivity index (χ0n) is 13.8. The number of hydrogen-bond acceptors (Lipinski definition) is 4. The Hall–Kier alpha value is -2.43.